The van der Waals surface area contributed by atoms with Crippen LogP contribution in [0.3, 0.4) is 0 Å². The summed E-state index contributed by atoms with van der Waals surface area (Å²) < 4.78 is 2.29. The number of likely N-dealkylation sites (tertiary alicyclic amines) is 1. The van der Waals surface area contributed by atoms with Crippen LogP contribution >= 0.6 is 0 Å². The number of carbonyl (C=O) groups is 2. The smallest absolute Gasteiger partial charge is 0.222 e. The molecule has 2 aromatic rings. The second kappa shape index (κ2) is 8.76. The number of nitrogens with one attached hydrogen (secondary N) is 1. The first kappa shape index (κ1) is 19.0. The van der Waals surface area contributed by atoms with Gasteiger partial charge in [0.2, 0.25) is 11.8 Å². The zero-order valence-corrected chi connectivity index (χ0v) is 16.5. The number of rotatable bonds is 5. The third-order valence-electron chi connectivity index (χ3n) is 6.21. The van der Waals surface area contributed by atoms with E-state index in [4.69, 9.17) is 0 Å². The molecule has 0 unspecified atom stereocenters. The predicted molar refractivity (Wildman–Crippen MR) is 109 cm³/mol. The fourth-order valence-electron chi connectivity index (χ4n) is 4.59. The maximum Gasteiger partial charge on any atom is 0.222 e. The molecule has 2 aliphatic rings. The van der Waals surface area contributed by atoms with Crippen molar-refractivity contribution in [2.45, 2.75) is 69.9 Å². The SMILES string of the molecule is O=C(CCN1CCCCCC1=O)NC1CCC(n2ccc3cccnc32)CC1. The van der Waals surface area contributed by atoms with Crippen LogP contribution in [0.15, 0.2) is 30.6 Å². The lowest BCUT2D eigenvalue weighted by Gasteiger charge is -2.30. The molecule has 0 spiro atoms. The molecule has 0 bridgehead atoms. The molecule has 28 heavy (non-hydrogen) atoms. The summed E-state index contributed by atoms with van der Waals surface area (Å²) in [5, 5.41) is 4.37. The number of hydrogen-bond donors (Lipinski definition) is 1. The Hall–Kier alpha value is -2.37. The zero-order chi connectivity index (χ0) is 19.3. The van der Waals surface area contributed by atoms with Crippen LogP contribution in [0.25, 0.3) is 11.0 Å². The van der Waals surface area contributed by atoms with Crippen molar-refractivity contribution in [1.82, 2.24) is 19.8 Å². The van der Waals surface area contributed by atoms with E-state index < -0.39 is 0 Å². The molecule has 0 atom stereocenters. The Bertz CT molecular complexity index is 823. The van der Waals surface area contributed by atoms with Crippen LogP contribution in [0.5, 0.6) is 0 Å². The highest BCUT2D eigenvalue weighted by Crippen LogP contribution is 2.31. The molecule has 1 saturated carbocycles. The van der Waals surface area contributed by atoms with Crippen molar-refractivity contribution in [3.63, 3.8) is 0 Å². The molecule has 150 valence electrons. The van der Waals surface area contributed by atoms with Gasteiger partial charge in [-0.05, 0) is 56.7 Å². The van der Waals surface area contributed by atoms with Gasteiger partial charge in [-0.25, -0.2) is 4.98 Å². The molecule has 0 aromatic carbocycles. The van der Waals surface area contributed by atoms with Crippen LogP contribution < -0.4 is 5.32 Å². The monoisotopic (exact) mass is 382 g/mol. The Morgan fingerprint density at radius 1 is 1.14 bits per heavy atom. The number of fused-ring (bicyclic) bond motifs is 1. The van der Waals surface area contributed by atoms with Crippen molar-refractivity contribution in [3.8, 4) is 0 Å². The summed E-state index contributed by atoms with van der Waals surface area (Å²) in [4.78, 5) is 30.8. The summed E-state index contributed by atoms with van der Waals surface area (Å²) in [6.07, 6.45) is 12.3. The Balaban J connectivity index is 1.24. The lowest BCUT2D eigenvalue weighted by molar-refractivity contribution is -0.131. The molecule has 3 heterocycles. The summed E-state index contributed by atoms with van der Waals surface area (Å²) in [5.74, 6) is 0.284. The maximum absolute atomic E-state index is 12.4. The number of pyridine rings is 1. The number of carbonyl (C=O) groups excluding carboxylic acids is 2. The van der Waals surface area contributed by atoms with E-state index in [0.29, 0.717) is 25.4 Å². The summed E-state index contributed by atoms with van der Waals surface area (Å²) in [7, 11) is 0. The van der Waals surface area contributed by atoms with Crippen LogP contribution in [0, 0.1) is 0 Å². The molecule has 0 radical (unpaired) electrons. The second-order valence-electron chi connectivity index (χ2n) is 8.15. The van der Waals surface area contributed by atoms with Crippen LogP contribution in [-0.2, 0) is 9.59 Å². The molecule has 2 aromatic heterocycles. The van der Waals surface area contributed by atoms with Gasteiger partial charge in [0.25, 0.3) is 0 Å². The average molecular weight is 383 g/mol. The highest BCUT2D eigenvalue weighted by molar-refractivity contribution is 5.79. The van der Waals surface area contributed by atoms with Crippen LogP contribution in [-0.4, -0.2) is 45.4 Å². The minimum absolute atomic E-state index is 0.0774. The lowest BCUT2D eigenvalue weighted by Crippen LogP contribution is -2.40. The fourth-order valence-corrected chi connectivity index (χ4v) is 4.59. The molecule has 1 aliphatic carbocycles. The van der Waals surface area contributed by atoms with Crippen molar-refractivity contribution >= 4 is 22.8 Å². The van der Waals surface area contributed by atoms with Gasteiger partial charge in [-0.3, -0.25) is 9.59 Å². The first-order valence-electron chi connectivity index (χ1n) is 10.7. The quantitative estimate of drug-likeness (QED) is 0.861. The van der Waals surface area contributed by atoms with Gasteiger partial charge in [-0.1, -0.05) is 6.42 Å². The van der Waals surface area contributed by atoms with Crippen LogP contribution in [0.2, 0.25) is 0 Å². The Morgan fingerprint density at radius 2 is 2.00 bits per heavy atom. The molecular formula is C22H30N4O2. The van der Waals surface area contributed by atoms with E-state index in [2.05, 4.69) is 33.2 Å². The van der Waals surface area contributed by atoms with E-state index in [1.807, 2.05) is 17.2 Å². The van der Waals surface area contributed by atoms with Gasteiger partial charge < -0.3 is 14.8 Å². The van der Waals surface area contributed by atoms with Crippen molar-refractivity contribution < 1.29 is 9.59 Å². The van der Waals surface area contributed by atoms with E-state index >= 15 is 0 Å². The first-order valence-corrected chi connectivity index (χ1v) is 10.7. The Kier molecular flexibility index (Phi) is 5.93. The number of nitrogens with zero attached hydrogens (tertiary/aromatic N) is 3. The van der Waals surface area contributed by atoms with Crippen molar-refractivity contribution in [1.29, 1.82) is 0 Å². The van der Waals surface area contributed by atoms with Crippen molar-refractivity contribution in [3.05, 3.63) is 30.6 Å². The third-order valence-corrected chi connectivity index (χ3v) is 6.21. The molecule has 1 aliphatic heterocycles. The largest absolute Gasteiger partial charge is 0.353 e. The normalized spacial score (nSPS) is 23.6. The minimum atomic E-state index is 0.0774. The van der Waals surface area contributed by atoms with Gasteiger partial charge in [-0.2, -0.15) is 0 Å². The van der Waals surface area contributed by atoms with E-state index in [-0.39, 0.29) is 17.9 Å². The Morgan fingerprint density at radius 3 is 2.86 bits per heavy atom. The summed E-state index contributed by atoms with van der Waals surface area (Å²) in [6.45, 7) is 1.36. The number of amides is 2. The van der Waals surface area contributed by atoms with Gasteiger partial charge in [0.05, 0.1) is 0 Å². The highest BCUT2D eigenvalue weighted by atomic mass is 16.2. The topological polar surface area (TPSA) is 67.2 Å². The van der Waals surface area contributed by atoms with E-state index in [1.54, 1.807) is 0 Å². The van der Waals surface area contributed by atoms with Gasteiger partial charge in [0, 0.05) is 55.8 Å². The first-order chi connectivity index (χ1) is 13.7. The minimum Gasteiger partial charge on any atom is -0.353 e. The summed E-state index contributed by atoms with van der Waals surface area (Å²) in [6, 6.07) is 6.90. The van der Waals surface area contributed by atoms with Crippen LogP contribution in [0.4, 0.5) is 0 Å². The standard InChI is InChI=1S/C22H30N4O2/c27-20(12-15-25-14-3-1-2-6-21(25)28)24-18-7-9-19(10-8-18)26-16-11-17-5-4-13-23-22(17)26/h4-5,11,13,16,18-19H,1-3,6-10,12,14-15H2,(H,24,27). The maximum atomic E-state index is 12.4. The van der Waals surface area contributed by atoms with Gasteiger partial charge in [0.1, 0.15) is 5.65 Å². The van der Waals surface area contributed by atoms with Gasteiger partial charge in [0.15, 0.2) is 0 Å². The predicted octanol–water partition coefficient (Wildman–Crippen LogP) is 3.43. The van der Waals surface area contributed by atoms with E-state index in [1.165, 1.54) is 5.39 Å². The molecule has 1 saturated heterocycles. The third kappa shape index (κ3) is 4.37. The summed E-state index contributed by atoms with van der Waals surface area (Å²) >= 11 is 0. The van der Waals surface area contributed by atoms with E-state index in [0.717, 1.165) is 57.1 Å². The Labute approximate surface area is 166 Å². The number of aromatic nitrogens is 2. The lowest BCUT2D eigenvalue weighted by atomic mass is 9.91. The molecule has 2 fully saturated rings. The van der Waals surface area contributed by atoms with Crippen molar-refractivity contribution in [2.24, 2.45) is 0 Å². The van der Waals surface area contributed by atoms with E-state index in [9.17, 15) is 9.59 Å². The molecule has 2 amide bonds. The molecule has 6 heteroatoms. The van der Waals surface area contributed by atoms with Gasteiger partial charge >= 0.3 is 0 Å². The second-order valence-corrected chi connectivity index (χ2v) is 8.15. The molecular weight excluding hydrogens is 352 g/mol. The zero-order valence-electron chi connectivity index (χ0n) is 16.5. The van der Waals surface area contributed by atoms with Gasteiger partial charge in [-0.15, -0.1) is 0 Å². The highest BCUT2D eigenvalue weighted by Gasteiger charge is 2.25. The fraction of sp³-hybridized carbons (Fsp3) is 0.591. The summed E-state index contributed by atoms with van der Waals surface area (Å²) in [5.41, 5.74) is 1.05. The molecule has 1 N–H and O–H groups in total. The number of hydrogen-bond acceptors (Lipinski definition) is 3. The van der Waals surface area contributed by atoms with Crippen LogP contribution in [0.1, 0.15) is 63.8 Å². The van der Waals surface area contributed by atoms with Crippen molar-refractivity contribution in [2.75, 3.05) is 13.1 Å². The molecule has 4 rings (SSSR count). The molecule has 6 nitrogen and oxygen atoms in total. The average Bonchev–Trinajstić information content (AvgIpc) is 3.03.